The van der Waals surface area contributed by atoms with Crippen molar-refractivity contribution in [2.75, 3.05) is 0 Å². The van der Waals surface area contributed by atoms with E-state index in [1.165, 1.54) is 141 Å². The van der Waals surface area contributed by atoms with Crippen LogP contribution in [0.3, 0.4) is 0 Å². The third-order valence-electron chi connectivity index (χ3n) is 18.1. The van der Waals surface area contributed by atoms with Gasteiger partial charge in [0.05, 0.1) is 11.2 Å². The Morgan fingerprint density at radius 1 is 0.381 bits per heavy atom. The number of allylic oxidation sites excluding steroid dienone is 18. The summed E-state index contributed by atoms with van der Waals surface area (Å²) in [5, 5.41) is 47.4. The number of ether oxygens (including phenoxy) is 2. The first kappa shape index (κ1) is 76.3. The van der Waals surface area contributed by atoms with Crippen LogP contribution in [0.1, 0.15) is 301 Å². The van der Waals surface area contributed by atoms with E-state index in [9.17, 15) is 30.0 Å². The molecule has 0 saturated heterocycles. The third kappa shape index (κ3) is 29.7. The van der Waals surface area contributed by atoms with Crippen molar-refractivity contribution in [1.82, 2.24) is 0 Å². The van der Waals surface area contributed by atoms with E-state index in [0.29, 0.717) is 25.7 Å². The van der Waals surface area contributed by atoms with Gasteiger partial charge in [-0.25, -0.2) is 0 Å². The van der Waals surface area contributed by atoms with E-state index < -0.39 is 45.4 Å². The third-order valence-corrected chi connectivity index (χ3v) is 18.1. The highest BCUT2D eigenvalue weighted by Crippen LogP contribution is 2.52. The molecular weight excluding hydrogens is 1040 g/mol. The molecule has 84 heavy (non-hydrogen) atoms. The summed E-state index contributed by atoms with van der Waals surface area (Å²) < 4.78 is 11.8. The number of hydrogen-bond acceptors (Lipinski definition) is 8. The van der Waals surface area contributed by atoms with Gasteiger partial charge in [-0.05, 0) is 105 Å². The van der Waals surface area contributed by atoms with Gasteiger partial charge < -0.3 is 29.9 Å². The van der Waals surface area contributed by atoms with E-state index in [-0.39, 0.29) is 24.8 Å². The molecule has 2 rings (SSSR count). The van der Waals surface area contributed by atoms with E-state index in [1.807, 2.05) is 128 Å². The van der Waals surface area contributed by atoms with Crippen LogP contribution in [0, 0.1) is 10.8 Å². The SMILES string of the molecule is CCCCCCCC/C=C\CCCCCCCCCC(=O)O[C@H]1CC(C)(C)[C@](O)(/C=C/C(C)=C/C=C/C(C)=C/C=C/C=C(C)/C=C/C=C(C)/C=C/[C@@]2(O)C(C)(C)C[C@H](OC(=O)CCCCCCCCCCCCCCC)C[C@@]2(C)O)[C@](C)(O)C1. The molecular formula is C76H126O8. The fraction of sp³-hybridized carbons (Fsp3) is 0.711. The Morgan fingerprint density at radius 2 is 0.655 bits per heavy atom. The number of unbranched alkanes of at least 4 members (excludes halogenated alkanes) is 25. The molecule has 2 aliphatic carbocycles. The second-order valence-corrected chi connectivity index (χ2v) is 27.3. The number of esters is 2. The molecule has 0 spiro atoms. The van der Waals surface area contributed by atoms with Crippen LogP contribution >= 0.6 is 0 Å². The molecule has 0 amide bonds. The summed E-state index contributed by atoms with van der Waals surface area (Å²) in [6.07, 6.45) is 67.7. The minimum absolute atomic E-state index is 0.164. The lowest BCUT2D eigenvalue weighted by molar-refractivity contribution is -0.223. The zero-order chi connectivity index (χ0) is 62.4. The first-order chi connectivity index (χ1) is 39.8. The maximum Gasteiger partial charge on any atom is 0.306 e. The minimum Gasteiger partial charge on any atom is -0.462 e. The van der Waals surface area contributed by atoms with Gasteiger partial charge in [0, 0.05) is 36.5 Å². The molecule has 8 nitrogen and oxygen atoms in total. The van der Waals surface area contributed by atoms with Crippen molar-refractivity contribution in [2.45, 2.75) is 336 Å². The van der Waals surface area contributed by atoms with Gasteiger partial charge in [0.25, 0.3) is 0 Å². The fourth-order valence-electron chi connectivity index (χ4n) is 12.5. The molecule has 6 atom stereocenters. The van der Waals surface area contributed by atoms with Gasteiger partial charge >= 0.3 is 11.9 Å². The van der Waals surface area contributed by atoms with Crippen LogP contribution in [-0.4, -0.2) is 67.0 Å². The van der Waals surface area contributed by atoms with Crippen LogP contribution in [0.5, 0.6) is 0 Å². The Morgan fingerprint density at radius 3 is 0.964 bits per heavy atom. The lowest BCUT2D eigenvalue weighted by Gasteiger charge is -2.55. The second-order valence-electron chi connectivity index (χ2n) is 27.3. The second kappa shape index (κ2) is 41.4. The Labute approximate surface area is 515 Å². The molecule has 0 aliphatic heterocycles. The van der Waals surface area contributed by atoms with Crippen molar-refractivity contribution in [3.63, 3.8) is 0 Å². The predicted molar refractivity (Wildman–Crippen MR) is 357 cm³/mol. The lowest BCUT2D eigenvalue weighted by Crippen LogP contribution is -2.65. The van der Waals surface area contributed by atoms with Gasteiger partial charge in [0.15, 0.2) is 0 Å². The van der Waals surface area contributed by atoms with Crippen molar-refractivity contribution >= 4 is 11.9 Å². The normalized spacial score (nSPS) is 25.4. The first-order valence-electron chi connectivity index (χ1n) is 33.9. The molecule has 0 radical (unpaired) electrons. The molecule has 0 aromatic carbocycles. The highest BCUT2D eigenvalue weighted by molar-refractivity contribution is 5.70. The van der Waals surface area contributed by atoms with Gasteiger partial charge in [-0.3, -0.25) is 9.59 Å². The van der Waals surface area contributed by atoms with E-state index in [1.54, 1.807) is 26.0 Å². The number of hydrogen-bond donors (Lipinski definition) is 4. The quantitative estimate of drug-likeness (QED) is 0.0205. The summed E-state index contributed by atoms with van der Waals surface area (Å²) in [5.41, 5.74) is -3.61. The summed E-state index contributed by atoms with van der Waals surface area (Å²) in [7, 11) is 0. The van der Waals surface area contributed by atoms with Gasteiger partial charge in [-0.1, -0.05) is 290 Å². The van der Waals surface area contributed by atoms with E-state index in [2.05, 4.69) is 26.0 Å². The highest BCUT2D eigenvalue weighted by Gasteiger charge is 2.60. The smallest absolute Gasteiger partial charge is 0.306 e. The standard InChI is InChI=1S/C76H126O8/c1-13-15-17-19-21-23-25-27-28-29-30-32-34-36-38-40-42-54-70(78)84-68-60-72(9,10)76(82,74(12,80)62-68)58-56-66(6)52-46-50-64(4)48-44-43-47-63(3)49-45-51-65(5)55-57-75(81)71(7,8)59-67(61-73(75,11)79)83-69(77)53-41-39-37-35-33-31-26-24-22-20-18-16-14-2/h27-28,43-52,55-58,67-68,79-82H,13-26,29-42,53-54,59-62H2,1-12H3/b28-27-,44-43+,49-45+,50-46+,57-55+,58-56+,63-47+,64-48+,65-51+,66-52+/t67-,68-,73+,74+,75+,76+/m0/s1. The van der Waals surface area contributed by atoms with Crippen molar-refractivity contribution in [2.24, 2.45) is 10.8 Å². The average Bonchev–Trinajstić information content (AvgIpc) is 0.839. The molecule has 4 N–H and O–H groups in total. The Kier molecular flexibility index (Phi) is 37.6. The predicted octanol–water partition coefficient (Wildman–Crippen LogP) is 20.3. The number of aliphatic hydroxyl groups is 4. The maximum atomic E-state index is 12.9. The number of carbonyl (C=O) groups excluding carboxylic acids is 2. The van der Waals surface area contributed by atoms with E-state index in [4.69, 9.17) is 9.47 Å². The summed E-state index contributed by atoms with van der Waals surface area (Å²) >= 11 is 0. The maximum absolute atomic E-state index is 12.9. The first-order valence-corrected chi connectivity index (χ1v) is 33.9. The average molecular weight is 1170 g/mol. The van der Waals surface area contributed by atoms with Crippen LogP contribution < -0.4 is 0 Å². The molecule has 0 heterocycles. The van der Waals surface area contributed by atoms with Crippen LogP contribution in [-0.2, 0) is 19.1 Å². The van der Waals surface area contributed by atoms with Crippen molar-refractivity contribution < 1.29 is 39.5 Å². The van der Waals surface area contributed by atoms with E-state index >= 15 is 0 Å². The summed E-state index contributed by atoms with van der Waals surface area (Å²) in [4.78, 5) is 25.8. The fourth-order valence-corrected chi connectivity index (χ4v) is 12.5. The molecule has 2 fully saturated rings. The molecule has 0 aromatic rings. The zero-order valence-corrected chi connectivity index (χ0v) is 55.9. The van der Waals surface area contributed by atoms with Crippen molar-refractivity contribution in [3.05, 3.63) is 120 Å². The zero-order valence-electron chi connectivity index (χ0n) is 55.9. The van der Waals surface area contributed by atoms with Gasteiger partial charge in [-0.2, -0.15) is 0 Å². The number of rotatable bonds is 43. The lowest BCUT2D eigenvalue weighted by atomic mass is 9.57. The molecule has 2 aliphatic rings. The summed E-state index contributed by atoms with van der Waals surface area (Å²) in [6.45, 7) is 23.5. The molecule has 8 heteroatoms. The minimum atomic E-state index is -1.53. The Balaban J connectivity index is 1.77. The molecule has 0 unspecified atom stereocenters. The van der Waals surface area contributed by atoms with Crippen LogP contribution in [0.25, 0.3) is 0 Å². The van der Waals surface area contributed by atoms with Crippen LogP contribution in [0.4, 0.5) is 0 Å². The molecule has 2 saturated carbocycles. The van der Waals surface area contributed by atoms with Crippen LogP contribution in [0.2, 0.25) is 0 Å². The Bertz CT molecular complexity index is 2130. The highest BCUT2D eigenvalue weighted by atomic mass is 16.5. The largest absolute Gasteiger partial charge is 0.462 e. The van der Waals surface area contributed by atoms with E-state index in [0.717, 1.165) is 60.8 Å². The van der Waals surface area contributed by atoms with Crippen LogP contribution in [0.15, 0.2) is 120 Å². The monoisotopic (exact) mass is 1170 g/mol. The van der Waals surface area contributed by atoms with Crippen molar-refractivity contribution in [1.29, 1.82) is 0 Å². The molecule has 0 aromatic heterocycles. The Hall–Kier alpha value is -3.82. The van der Waals surface area contributed by atoms with Gasteiger partial charge in [-0.15, -0.1) is 0 Å². The molecule has 0 bridgehead atoms. The topological polar surface area (TPSA) is 134 Å². The number of carbonyl (C=O) groups is 2. The summed E-state index contributed by atoms with van der Waals surface area (Å²) in [6, 6.07) is 0. The molecule has 478 valence electrons. The van der Waals surface area contributed by atoms with Crippen molar-refractivity contribution in [3.8, 4) is 0 Å². The van der Waals surface area contributed by atoms with Gasteiger partial charge in [0.1, 0.15) is 23.4 Å². The van der Waals surface area contributed by atoms with Gasteiger partial charge in [0.2, 0.25) is 0 Å². The summed E-state index contributed by atoms with van der Waals surface area (Å²) in [5.74, 6) is -0.439.